The van der Waals surface area contributed by atoms with Gasteiger partial charge in [-0.3, -0.25) is 4.79 Å². The van der Waals surface area contributed by atoms with Gasteiger partial charge in [0.1, 0.15) is 11.5 Å². The molecule has 82 valence electrons. The van der Waals surface area contributed by atoms with Crippen LogP contribution in [0.15, 0.2) is 17.4 Å². The average molecular weight is 210 g/mol. The van der Waals surface area contributed by atoms with Crippen molar-refractivity contribution in [3.8, 4) is 5.75 Å². The molecule has 0 unspecified atom stereocenters. The quantitative estimate of drug-likeness (QED) is 0.725. The van der Waals surface area contributed by atoms with Crippen molar-refractivity contribution in [2.45, 2.75) is 13.0 Å². The van der Waals surface area contributed by atoms with Crippen LogP contribution in [0.1, 0.15) is 11.5 Å². The lowest BCUT2D eigenvalue weighted by Gasteiger charge is -2.07. The molecule has 0 fully saturated rings. The van der Waals surface area contributed by atoms with Crippen LogP contribution >= 0.6 is 0 Å². The largest absolute Gasteiger partial charge is 0.490 e. The molecule has 5 heteroatoms. The highest BCUT2D eigenvalue weighted by atomic mass is 16.5. The van der Waals surface area contributed by atoms with Gasteiger partial charge in [-0.1, -0.05) is 6.08 Å². The minimum atomic E-state index is -0.295. The highest BCUT2D eigenvalue weighted by Crippen LogP contribution is 2.10. The smallest absolute Gasteiger partial charge is 0.293 e. The van der Waals surface area contributed by atoms with E-state index in [-0.39, 0.29) is 17.9 Å². The maximum Gasteiger partial charge on any atom is 0.293 e. The SMILES string of the molecule is C=CCc1nc(COC)c(OC)c(=O)[nH]1. The van der Waals surface area contributed by atoms with Crippen LogP contribution in [0, 0.1) is 0 Å². The molecule has 0 aliphatic rings. The predicted molar refractivity (Wildman–Crippen MR) is 56.0 cm³/mol. The molecule has 0 spiro atoms. The molecule has 5 nitrogen and oxygen atoms in total. The lowest BCUT2D eigenvalue weighted by atomic mass is 10.3. The van der Waals surface area contributed by atoms with Gasteiger partial charge in [0.2, 0.25) is 5.75 Å². The molecule has 15 heavy (non-hydrogen) atoms. The van der Waals surface area contributed by atoms with Crippen LogP contribution in [0.2, 0.25) is 0 Å². The van der Waals surface area contributed by atoms with E-state index in [1.54, 1.807) is 6.08 Å². The van der Waals surface area contributed by atoms with Crippen LogP contribution in [0.5, 0.6) is 5.75 Å². The molecule has 0 aliphatic heterocycles. The fourth-order valence-corrected chi connectivity index (χ4v) is 1.24. The Balaban J connectivity index is 3.18. The van der Waals surface area contributed by atoms with Gasteiger partial charge in [-0.2, -0.15) is 0 Å². The summed E-state index contributed by atoms with van der Waals surface area (Å²) in [6, 6.07) is 0. The van der Waals surface area contributed by atoms with Gasteiger partial charge in [-0.05, 0) is 0 Å². The molecule has 1 N–H and O–H groups in total. The second-order valence-corrected chi connectivity index (χ2v) is 2.92. The van der Waals surface area contributed by atoms with Gasteiger partial charge in [-0.25, -0.2) is 4.98 Å². The summed E-state index contributed by atoms with van der Waals surface area (Å²) in [4.78, 5) is 18.3. The Morgan fingerprint density at radius 3 is 2.80 bits per heavy atom. The number of nitrogens with one attached hydrogen (secondary N) is 1. The number of H-pyrrole nitrogens is 1. The van der Waals surface area contributed by atoms with E-state index in [0.717, 1.165) is 0 Å². The first kappa shape index (κ1) is 11.5. The number of rotatable bonds is 5. The highest BCUT2D eigenvalue weighted by molar-refractivity contribution is 5.24. The molecule has 1 heterocycles. The molecule has 1 aromatic heterocycles. The molecule has 1 aromatic rings. The van der Waals surface area contributed by atoms with Crippen LogP contribution in [0.25, 0.3) is 0 Å². The number of ether oxygens (including phenoxy) is 2. The Bertz CT molecular complexity index is 398. The third-order valence-electron chi connectivity index (χ3n) is 1.82. The van der Waals surface area contributed by atoms with Crippen molar-refractivity contribution in [3.05, 3.63) is 34.5 Å². The van der Waals surface area contributed by atoms with Gasteiger partial charge >= 0.3 is 0 Å². The summed E-state index contributed by atoms with van der Waals surface area (Å²) in [5.74, 6) is 0.757. The van der Waals surface area contributed by atoms with Gasteiger partial charge in [0.05, 0.1) is 13.7 Å². The Hall–Kier alpha value is -1.62. The molecule has 0 bridgehead atoms. The third kappa shape index (κ3) is 2.66. The molecule has 0 saturated carbocycles. The van der Waals surface area contributed by atoms with Crippen LogP contribution in [0.4, 0.5) is 0 Å². The van der Waals surface area contributed by atoms with Crippen molar-refractivity contribution in [2.24, 2.45) is 0 Å². The Kier molecular flexibility index (Phi) is 4.05. The lowest BCUT2D eigenvalue weighted by Crippen LogP contribution is -2.17. The standard InChI is InChI=1S/C10H14N2O3/c1-4-5-8-11-7(6-14-2)9(15-3)10(13)12-8/h4H,1,5-6H2,2-3H3,(H,11,12,13). The van der Waals surface area contributed by atoms with Crippen molar-refractivity contribution < 1.29 is 9.47 Å². The number of aromatic nitrogens is 2. The van der Waals surface area contributed by atoms with E-state index >= 15 is 0 Å². The Labute approximate surface area is 87.8 Å². The van der Waals surface area contributed by atoms with Gasteiger partial charge in [0, 0.05) is 13.5 Å². The predicted octanol–water partition coefficient (Wildman–Crippen LogP) is 0.653. The molecule has 0 saturated heterocycles. The Morgan fingerprint density at radius 2 is 2.27 bits per heavy atom. The highest BCUT2D eigenvalue weighted by Gasteiger charge is 2.10. The van der Waals surface area contributed by atoms with Crippen molar-refractivity contribution in [1.82, 2.24) is 9.97 Å². The topological polar surface area (TPSA) is 64.2 Å². The summed E-state index contributed by atoms with van der Waals surface area (Å²) >= 11 is 0. The molecular formula is C10H14N2O3. The van der Waals surface area contributed by atoms with E-state index in [0.29, 0.717) is 17.9 Å². The molecule has 0 atom stereocenters. The van der Waals surface area contributed by atoms with Gasteiger partial charge in [0.25, 0.3) is 5.56 Å². The van der Waals surface area contributed by atoms with E-state index in [2.05, 4.69) is 16.5 Å². The molecule has 0 radical (unpaired) electrons. The summed E-state index contributed by atoms with van der Waals surface area (Å²) in [5, 5.41) is 0. The van der Waals surface area contributed by atoms with Gasteiger partial charge in [0.15, 0.2) is 0 Å². The molecule has 0 aromatic carbocycles. The summed E-state index contributed by atoms with van der Waals surface area (Å²) < 4.78 is 9.89. The molecular weight excluding hydrogens is 196 g/mol. The zero-order chi connectivity index (χ0) is 11.3. The van der Waals surface area contributed by atoms with E-state index in [1.165, 1.54) is 14.2 Å². The van der Waals surface area contributed by atoms with Crippen molar-refractivity contribution in [3.63, 3.8) is 0 Å². The normalized spacial score (nSPS) is 10.0. The first-order valence-corrected chi connectivity index (χ1v) is 4.48. The summed E-state index contributed by atoms with van der Waals surface area (Å²) in [6.07, 6.45) is 2.18. The number of hydrogen-bond acceptors (Lipinski definition) is 4. The average Bonchev–Trinajstić information content (AvgIpc) is 2.18. The second-order valence-electron chi connectivity index (χ2n) is 2.92. The first-order chi connectivity index (χ1) is 7.22. The first-order valence-electron chi connectivity index (χ1n) is 4.48. The van der Waals surface area contributed by atoms with Crippen LogP contribution < -0.4 is 10.3 Å². The molecule has 0 aliphatic carbocycles. The van der Waals surface area contributed by atoms with Gasteiger partial charge < -0.3 is 14.5 Å². The summed E-state index contributed by atoms with van der Waals surface area (Å²) in [5.41, 5.74) is 0.206. The third-order valence-corrected chi connectivity index (χ3v) is 1.82. The minimum absolute atomic E-state index is 0.199. The number of hydrogen-bond donors (Lipinski definition) is 1. The van der Waals surface area contributed by atoms with Crippen LogP contribution in [-0.4, -0.2) is 24.2 Å². The lowest BCUT2D eigenvalue weighted by molar-refractivity contribution is 0.177. The minimum Gasteiger partial charge on any atom is -0.490 e. The van der Waals surface area contributed by atoms with E-state index in [4.69, 9.17) is 9.47 Å². The number of methoxy groups -OCH3 is 2. The maximum absolute atomic E-state index is 11.5. The van der Waals surface area contributed by atoms with E-state index < -0.39 is 0 Å². The number of allylic oxidation sites excluding steroid dienone is 1. The molecule has 0 amide bonds. The van der Waals surface area contributed by atoms with Crippen molar-refractivity contribution in [1.29, 1.82) is 0 Å². The zero-order valence-corrected chi connectivity index (χ0v) is 8.87. The maximum atomic E-state index is 11.5. The summed E-state index contributed by atoms with van der Waals surface area (Å²) in [6.45, 7) is 3.83. The number of aromatic amines is 1. The van der Waals surface area contributed by atoms with E-state index in [9.17, 15) is 4.79 Å². The monoisotopic (exact) mass is 210 g/mol. The molecule has 1 rings (SSSR count). The summed E-state index contributed by atoms with van der Waals surface area (Å²) in [7, 11) is 2.97. The number of nitrogens with zero attached hydrogens (tertiary/aromatic N) is 1. The fourth-order valence-electron chi connectivity index (χ4n) is 1.24. The Morgan fingerprint density at radius 1 is 1.53 bits per heavy atom. The second kappa shape index (κ2) is 5.31. The van der Waals surface area contributed by atoms with Gasteiger partial charge in [-0.15, -0.1) is 6.58 Å². The van der Waals surface area contributed by atoms with Crippen molar-refractivity contribution in [2.75, 3.05) is 14.2 Å². The van der Waals surface area contributed by atoms with Crippen LogP contribution in [0.3, 0.4) is 0 Å². The van der Waals surface area contributed by atoms with Crippen molar-refractivity contribution >= 4 is 0 Å². The zero-order valence-electron chi connectivity index (χ0n) is 8.87. The van der Waals surface area contributed by atoms with E-state index in [1.807, 2.05) is 0 Å². The van der Waals surface area contributed by atoms with Crippen LogP contribution in [-0.2, 0) is 17.8 Å². The fraction of sp³-hybridized carbons (Fsp3) is 0.400.